The van der Waals surface area contributed by atoms with Crippen LogP contribution in [0, 0.1) is 5.92 Å². The number of aliphatic hydroxyl groups excluding tert-OH is 1. The molecular weight excluding hydrogens is 180 g/mol. The van der Waals surface area contributed by atoms with Crippen LogP contribution in [0.15, 0.2) is 18.2 Å². The van der Waals surface area contributed by atoms with Crippen molar-refractivity contribution < 1.29 is 15.0 Å². The lowest BCUT2D eigenvalue weighted by Gasteiger charge is -2.26. The normalized spacial score (nSPS) is 26.0. The summed E-state index contributed by atoms with van der Waals surface area (Å²) in [4.78, 5) is 11.6. The van der Waals surface area contributed by atoms with E-state index >= 15 is 0 Å². The zero-order valence-corrected chi connectivity index (χ0v) is 7.90. The van der Waals surface area contributed by atoms with Gasteiger partial charge in [0.05, 0.1) is 11.7 Å². The molecule has 1 aromatic rings. The van der Waals surface area contributed by atoms with Crippen molar-refractivity contribution in [2.45, 2.75) is 19.4 Å². The zero-order valence-electron chi connectivity index (χ0n) is 7.90. The third kappa shape index (κ3) is 1.21. The summed E-state index contributed by atoms with van der Waals surface area (Å²) in [7, 11) is 0. The van der Waals surface area contributed by atoms with Gasteiger partial charge in [-0.05, 0) is 17.5 Å². The van der Waals surface area contributed by atoms with E-state index in [0.717, 1.165) is 0 Å². The van der Waals surface area contributed by atoms with Crippen molar-refractivity contribution in [1.29, 1.82) is 0 Å². The van der Waals surface area contributed by atoms with Crippen molar-refractivity contribution >= 4 is 5.78 Å². The summed E-state index contributed by atoms with van der Waals surface area (Å²) in [5, 5.41) is 19.3. The van der Waals surface area contributed by atoms with E-state index in [1.54, 1.807) is 12.1 Å². The van der Waals surface area contributed by atoms with E-state index in [4.69, 9.17) is 0 Å². The molecule has 3 heteroatoms. The number of hydrogen-bond acceptors (Lipinski definition) is 3. The van der Waals surface area contributed by atoms with Crippen LogP contribution in [0.25, 0.3) is 0 Å². The summed E-state index contributed by atoms with van der Waals surface area (Å²) in [6.45, 7) is 1.83. The Kier molecular flexibility index (Phi) is 2.04. The molecule has 0 heterocycles. The average molecular weight is 192 g/mol. The number of carbonyl (C=O) groups excluding carboxylic acids is 1. The second-order valence-corrected chi connectivity index (χ2v) is 3.79. The third-order valence-electron chi connectivity index (χ3n) is 2.72. The number of Topliss-reactive ketones (excluding diaryl/α,β-unsaturated/α-hetero) is 1. The number of rotatable bonds is 0. The summed E-state index contributed by atoms with van der Waals surface area (Å²) in [6.07, 6.45) is -0.346. The molecule has 0 spiro atoms. The molecule has 0 aliphatic heterocycles. The minimum absolute atomic E-state index is 0.0292. The van der Waals surface area contributed by atoms with Gasteiger partial charge >= 0.3 is 0 Å². The Bertz CT molecular complexity index is 384. The quantitative estimate of drug-likeness (QED) is 0.657. The number of benzene rings is 1. The maximum absolute atomic E-state index is 11.6. The van der Waals surface area contributed by atoms with Crippen molar-refractivity contribution in [2.24, 2.45) is 5.92 Å². The minimum atomic E-state index is -0.644. The van der Waals surface area contributed by atoms with Gasteiger partial charge in [-0.25, -0.2) is 0 Å². The van der Waals surface area contributed by atoms with Crippen LogP contribution >= 0.6 is 0 Å². The number of phenols is 1. The Labute approximate surface area is 82.0 Å². The largest absolute Gasteiger partial charge is 0.507 e. The van der Waals surface area contributed by atoms with E-state index in [1.807, 2.05) is 6.92 Å². The molecule has 2 atom stereocenters. The molecule has 14 heavy (non-hydrogen) atoms. The third-order valence-corrected chi connectivity index (χ3v) is 2.72. The van der Waals surface area contributed by atoms with E-state index in [0.29, 0.717) is 12.0 Å². The Morgan fingerprint density at radius 2 is 2.14 bits per heavy atom. The Balaban J connectivity index is 2.61. The first-order valence-electron chi connectivity index (χ1n) is 4.64. The smallest absolute Gasteiger partial charge is 0.167 e. The highest BCUT2D eigenvalue weighted by atomic mass is 16.3. The minimum Gasteiger partial charge on any atom is -0.507 e. The van der Waals surface area contributed by atoms with Crippen LogP contribution in [-0.4, -0.2) is 16.0 Å². The Morgan fingerprint density at radius 1 is 1.43 bits per heavy atom. The first kappa shape index (κ1) is 9.21. The maximum Gasteiger partial charge on any atom is 0.167 e. The lowest BCUT2D eigenvalue weighted by molar-refractivity contribution is 0.0746. The zero-order chi connectivity index (χ0) is 10.3. The van der Waals surface area contributed by atoms with Gasteiger partial charge in [0.15, 0.2) is 5.78 Å². The lowest BCUT2D eigenvalue weighted by atomic mass is 9.81. The molecule has 3 nitrogen and oxygen atoms in total. The van der Waals surface area contributed by atoms with Crippen LogP contribution in [-0.2, 0) is 0 Å². The van der Waals surface area contributed by atoms with Gasteiger partial charge in [0.25, 0.3) is 0 Å². The summed E-state index contributed by atoms with van der Waals surface area (Å²) in [5.41, 5.74) is 0.840. The standard InChI is InChI=1S/C11H12O3/c1-6-5-9(13)10-7(11(6)14)3-2-4-8(10)12/h2-4,6,11-12,14H,5H2,1H3/t6-,11+/m1/s1. The fraction of sp³-hybridized carbons (Fsp3) is 0.364. The number of hydrogen-bond donors (Lipinski definition) is 2. The number of phenolic OH excluding ortho intramolecular Hbond substituents is 1. The first-order valence-corrected chi connectivity index (χ1v) is 4.64. The molecule has 1 aromatic carbocycles. The molecule has 0 unspecified atom stereocenters. The van der Waals surface area contributed by atoms with Gasteiger partial charge < -0.3 is 10.2 Å². The van der Waals surface area contributed by atoms with Crippen molar-refractivity contribution in [3.63, 3.8) is 0 Å². The van der Waals surface area contributed by atoms with E-state index in [2.05, 4.69) is 0 Å². The van der Waals surface area contributed by atoms with Gasteiger partial charge in [0.2, 0.25) is 0 Å². The van der Waals surface area contributed by atoms with Gasteiger partial charge in [-0.15, -0.1) is 0 Å². The van der Waals surface area contributed by atoms with E-state index in [1.165, 1.54) is 6.07 Å². The second-order valence-electron chi connectivity index (χ2n) is 3.79. The summed E-state index contributed by atoms with van der Waals surface area (Å²) < 4.78 is 0. The van der Waals surface area contributed by atoms with Gasteiger partial charge in [0, 0.05) is 6.42 Å². The Hall–Kier alpha value is -1.35. The molecule has 2 N–H and O–H groups in total. The molecule has 0 bridgehead atoms. The lowest BCUT2D eigenvalue weighted by Crippen LogP contribution is -2.22. The molecule has 2 rings (SSSR count). The van der Waals surface area contributed by atoms with Crippen LogP contribution in [0.2, 0.25) is 0 Å². The Morgan fingerprint density at radius 3 is 2.86 bits per heavy atom. The van der Waals surface area contributed by atoms with Crippen LogP contribution in [0.4, 0.5) is 0 Å². The second kappa shape index (κ2) is 3.10. The molecule has 0 fully saturated rings. The number of ketones is 1. The van der Waals surface area contributed by atoms with Crippen molar-refractivity contribution in [1.82, 2.24) is 0 Å². The van der Waals surface area contributed by atoms with Crippen LogP contribution in [0.3, 0.4) is 0 Å². The number of aromatic hydroxyl groups is 1. The van der Waals surface area contributed by atoms with Gasteiger partial charge in [-0.2, -0.15) is 0 Å². The highest BCUT2D eigenvalue weighted by molar-refractivity contribution is 6.01. The molecule has 0 aromatic heterocycles. The molecule has 0 saturated heterocycles. The average Bonchev–Trinajstić information content (AvgIpc) is 2.14. The number of carbonyl (C=O) groups is 1. The van der Waals surface area contributed by atoms with Gasteiger partial charge in [-0.1, -0.05) is 19.1 Å². The van der Waals surface area contributed by atoms with E-state index in [9.17, 15) is 15.0 Å². The highest BCUT2D eigenvalue weighted by Crippen LogP contribution is 2.37. The predicted molar refractivity (Wildman–Crippen MR) is 51.2 cm³/mol. The van der Waals surface area contributed by atoms with Crippen LogP contribution in [0.5, 0.6) is 5.75 Å². The highest BCUT2D eigenvalue weighted by Gasteiger charge is 2.31. The molecule has 74 valence electrons. The van der Waals surface area contributed by atoms with Crippen molar-refractivity contribution in [3.8, 4) is 5.75 Å². The van der Waals surface area contributed by atoms with Crippen LogP contribution < -0.4 is 0 Å². The van der Waals surface area contributed by atoms with Crippen LogP contribution in [0.1, 0.15) is 35.4 Å². The SMILES string of the molecule is C[C@@H]1CC(=O)c2c(O)cccc2[C@H]1O. The topological polar surface area (TPSA) is 57.5 Å². The monoisotopic (exact) mass is 192 g/mol. The predicted octanol–water partition coefficient (Wildman–Crippen LogP) is 1.65. The summed E-state index contributed by atoms with van der Waals surface area (Å²) >= 11 is 0. The number of aliphatic hydroxyl groups is 1. The molecule has 0 radical (unpaired) electrons. The molecule has 0 amide bonds. The fourth-order valence-electron chi connectivity index (χ4n) is 1.92. The molecule has 0 saturated carbocycles. The van der Waals surface area contributed by atoms with Gasteiger partial charge in [0.1, 0.15) is 5.75 Å². The fourth-order valence-corrected chi connectivity index (χ4v) is 1.92. The van der Waals surface area contributed by atoms with E-state index in [-0.39, 0.29) is 23.0 Å². The first-order chi connectivity index (χ1) is 6.61. The number of fused-ring (bicyclic) bond motifs is 1. The van der Waals surface area contributed by atoms with Crippen molar-refractivity contribution in [3.05, 3.63) is 29.3 Å². The van der Waals surface area contributed by atoms with Crippen molar-refractivity contribution in [2.75, 3.05) is 0 Å². The van der Waals surface area contributed by atoms with E-state index < -0.39 is 6.10 Å². The maximum atomic E-state index is 11.6. The summed E-state index contributed by atoms with van der Waals surface area (Å²) in [6, 6.07) is 4.80. The molecular formula is C11H12O3. The molecule has 1 aliphatic rings. The van der Waals surface area contributed by atoms with Gasteiger partial charge in [-0.3, -0.25) is 4.79 Å². The summed E-state index contributed by atoms with van der Waals surface area (Å²) in [5.74, 6) is -0.189. The molecule has 1 aliphatic carbocycles.